The summed E-state index contributed by atoms with van der Waals surface area (Å²) in [6, 6.07) is 13.1. The molecule has 1 aromatic carbocycles. The molecule has 0 aliphatic rings. The molecular weight excluding hydrogens is 260 g/mol. The molecule has 0 saturated carbocycles. The monoisotopic (exact) mass is 276 g/mol. The largest absolute Gasteiger partial charge is 0.387 e. The molecule has 2 aromatic rings. The summed E-state index contributed by atoms with van der Waals surface area (Å²) in [6.07, 6.45) is 1.21. The standard InChI is InChI=1S/C15H17ClN2O/c1-11(14-4-2-3-9-17-14)18-10-15(19)12-5-7-13(16)8-6-12/h2-9,11,15,18-19H,10H2,1H3. The maximum atomic E-state index is 10.1. The second-order valence-corrected chi connectivity index (χ2v) is 4.89. The SMILES string of the molecule is CC(NCC(O)c1ccc(Cl)cc1)c1ccccn1. The van der Waals surface area contributed by atoms with E-state index in [-0.39, 0.29) is 6.04 Å². The molecule has 4 heteroatoms. The predicted molar refractivity (Wildman–Crippen MR) is 77.1 cm³/mol. The van der Waals surface area contributed by atoms with Crippen molar-refractivity contribution in [1.29, 1.82) is 0 Å². The summed E-state index contributed by atoms with van der Waals surface area (Å²) < 4.78 is 0. The first kappa shape index (κ1) is 14.0. The minimum absolute atomic E-state index is 0.100. The van der Waals surface area contributed by atoms with Gasteiger partial charge in [0.25, 0.3) is 0 Å². The molecule has 0 fully saturated rings. The summed E-state index contributed by atoms with van der Waals surface area (Å²) >= 11 is 5.82. The number of halogens is 1. The van der Waals surface area contributed by atoms with Crippen molar-refractivity contribution in [2.45, 2.75) is 19.1 Å². The molecule has 1 aromatic heterocycles. The van der Waals surface area contributed by atoms with Gasteiger partial charge in [0.15, 0.2) is 0 Å². The molecule has 0 aliphatic heterocycles. The van der Waals surface area contributed by atoms with Crippen molar-refractivity contribution in [2.24, 2.45) is 0 Å². The van der Waals surface area contributed by atoms with Crippen molar-refractivity contribution in [1.82, 2.24) is 10.3 Å². The molecule has 2 rings (SSSR count). The van der Waals surface area contributed by atoms with Crippen LogP contribution in [-0.2, 0) is 0 Å². The normalized spacial score (nSPS) is 14.1. The van der Waals surface area contributed by atoms with Gasteiger partial charge in [-0.15, -0.1) is 0 Å². The number of hydrogen-bond donors (Lipinski definition) is 2. The number of aromatic nitrogens is 1. The summed E-state index contributed by atoms with van der Waals surface area (Å²) in [6.45, 7) is 2.50. The van der Waals surface area contributed by atoms with E-state index in [2.05, 4.69) is 10.3 Å². The highest BCUT2D eigenvalue weighted by atomic mass is 35.5. The maximum absolute atomic E-state index is 10.1. The van der Waals surface area contributed by atoms with Gasteiger partial charge in [0, 0.05) is 23.8 Å². The highest BCUT2D eigenvalue weighted by Gasteiger charge is 2.10. The minimum atomic E-state index is -0.552. The van der Waals surface area contributed by atoms with Crippen LogP contribution in [0.1, 0.15) is 30.3 Å². The van der Waals surface area contributed by atoms with Crippen LogP contribution >= 0.6 is 11.6 Å². The Labute approximate surface area is 118 Å². The smallest absolute Gasteiger partial charge is 0.0914 e. The number of nitrogens with one attached hydrogen (secondary N) is 1. The highest BCUT2D eigenvalue weighted by Crippen LogP contribution is 2.17. The van der Waals surface area contributed by atoms with Crippen LogP contribution in [0.25, 0.3) is 0 Å². The Balaban J connectivity index is 1.90. The molecule has 0 bridgehead atoms. The summed E-state index contributed by atoms with van der Waals surface area (Å²) in [5.41, 5.74) is 1.82. The van der Waals surface area contributed by atoms with Gasteiger partial charge in [-0.2, -0.15) is 0 Å². The number of nitrogens with zero attached hydrogens (tertiary/aromatic N) is 1. The van der Waals surface area contributed by atoms with Gasteiger partial charge >= 0.3 is 0 Å². The van der Waals surface area contributed by atoms with Gasteiger partial charge < -0.3 is 10.4 Å². The fourth-order valence-electron chi connectivity index (χ4n) is 1.83. The minimum Gasteiger partial charge on any atom is -0.387 e. The van der Waals surface area contributed by atoms with Crippen LogP contribution in [0.5, 0.6) is 0 Å². The topological polar surface area (TPSA) is 45.1 Å². The Hall–Kier alpha value is -1.42. The molecule has 2 N–H and O–H groups in total. The molecule has 100 valence electrons. The molecule has 0 aliphatic carbocycles. The zero-order valence-electron chi connectivity index (χ0n) is 10.8. The fraction of sp³-hybridized carbons (Fsp3) is 0.267. The first-order chi connectivity index (χ1) is 9.16. The van der Waals surface area contributed by atoms with Crippen molar-refractivity contribution >= 4 is 11.6 Å². The Bertz CT molecular complexity index is 501. The van der Waals surface area contributed by atoms with E-state index >= 15 is 0 Å². The van der Waals surface area contributed by atoms with E-state index in [1.165, 1.54) is 0 Å². The zero-order chi connectivity index (χ0) is 13.7. The van der Waals surface area contributed by atoms with Crippen molar-refractivity contribution in [2.75, 3.05) is 6.54 Å². The van der Waals surface area contributed by atoms with Crippen LogP contribution in [0.4, 0.5) is 0 Å². The summed E-state index contributed by atoms with van der Waals surface area (Å²) in [5, 5.41) is 14.0. The molecule has 0 saturated heterocycles. The van der Waals surface area contributed by atoms with Crippen LogP contribution in [-0.4, -0.2) is 16.6 Å². The number of pyridine rings is 1. The van der Waals surface area contributed by atoms with Crippen LogP contribution in [0.3, 0.4) is 0 Å². The van der Waals surface area contributed by atoms with Gasteiger partial charge in [-0.25, -0.2) is 0 Å². The average Bonchev–Trinajstić information content (AvgIpc) is 2.46. The van der Waals surface area contributed by atoms with Gasteiger partial charge in [0.1, 0.15) is 0 Å². The molecule has 1 heterocycles. The number of aliphatic hydroxyl groups excluding tert-OH is 1. The lowest BCUT2D eigenvalue weighted by Crippen LogP contribution is -2.25. The lowest BCUT2D eigenvalue weighted by Gasteiger charge is -2.17. The molecule has 3 nitrogen and oxygen atoms in total. The number of benzene rings is 1. The van der Waals surface area contributed by atoms with Crippen molar-refractivity contribution in [3.8, 4) is 0 Å². The van der Waals surface area contributed by atoms with Crippen molar-refractivity contribution in [3.63, 3.8) is 0 Å². The lowest BCUT2D eigenvalue weighted by molar-refractivity contribution is 0.170. The third kappa shape index (κ3) is 4.03. The molecule has 0 spiro atoms. The summed E-state index contributed by atoms with van der Waals surface area (Å²) in [5.74, 6) is 0. The van der Waals surface area contributed by atoms with Gasteiger partial charge in [-0.05, 0) is 36.8 Å². The number of rotatable bonds is 5. The Morgan fingerprint density at radius 2 is 1.95 bits per heavy atom. The Morgan fingerprint density at radius 1 is 1.21 bits per heavy atom. The first-order valence-corrected chi connectivity index (χ1v) is 6.62. The fourth-order valence-corrected chi connectivity index (χ4v) is 1.95. The second-order valence-electron chi connectivity index (χ2n) is 4.45. The maximum Gasteiger partial charge on any atom is 0.0914 e. The highest BCUT2D eigenvalue weighted by molar-refractivity contribution is 6.30. The third-order valence-corrected chi connectivity index (χ3v) is 3.26. The van der Waals surface area contributed by atoms with Crippen molar-refractivity contribution < 1.29 is 5.11 Å². The molecule has 0 amide bonds. The van der Waals surface area contributed by atoms with Gasteiger partial charge in [0.2, 0.25) is 0 Å². The van der Waals surface area contributed by atoms with Gasteiger partial charge in [0.05, 0.1) is 11.8 Å². The van der Waals surface area contributed by atoms with E-state index in [0.29, 0.717) is 11.6 Å². The van der Waals surface area contributed by atoms with E-state index in [4.69, 9.17) is 11.6 Å². The van der Waals surface area contributed by atoms with E-state index in [9.17, 15) is 5.11 Å². The molecule has 2 unspecified atom stereocenters. The molecule has 0 radical (unpaired) electrons. The van der Waals surface area contributed by atoms with E-state index in [0.717, 1.165) is 11.3 Å². The quantitative estimate of drug-likeness (QED) is 0.882. The van der Waals surface area contributed by atoms with Crippen LogP contribution < -0.4 is 5.32 Å². The molecule has 2 atom stereocenters. The molecular formula is C15H17ClN2O. The Kier molecular flexibility index (Phi) is 4.91. The van der Waals surface area contributed by atoms with Crippen LogP contribution in [0.15, 0.2) is 48.7 Å². The van der Waals surface area contributed by atoms with Gasteiger partial charge in [-0.1, -0.05) is 29.8 Å². The van der Waals surface area contributed by atoms with E-state index in [1.807, 2.05) is 37.3 Å². The van der Waals surface area contributed by atoms with Crippen LogP contribution in [0, 0.1) is 0 Å². The third-order valence-electron chi connectivity index (χ3n) is 3.00. The average molecular weight is 277 g/mol. The Morgan fingerprint density at radius 3 is 2.58 bits per heavy atom. The van der Waals surface area contributed by atoms with Gasteiger partial charge in [-0.3, -0.25) is 4.98 Å². The summed E-state index contributed by atoms with van der Waals surface area (Å²) in [4.78, 5) is 4.28. The number of hydrogen-bond acceptors (Lipinski definition) is 3. The van der Waals surface area contributed by atoms with E-state index in [1.54, 1.807) is 18.3 Å². The zero-order valence-corrected chi connectivity index (χ0v) is 11.5. The summed E-state index contributed by atoms with van der Waals surface area (Å²) in [7, 11) is 0. The second kappa shape index (κ2) is 6.66. The van der Waals surface area contributed by atoms with E-state index < -0.39 is 6.10 Å². The lowest BCUT2D eigenvalue weighted by atomic mass is 10.1. The first-order valence-electron chi connectivity index (χ1n) is 6.24. The van der Waals surface area contributed by atoms with Crippen molar-refractivity contribution in [3.05, 3.63) is 64.9 Å². The molecule has 19 heavy (non-hydrogen) atoms. The van der Waals surface area contributed by atoms with Crippen LogP contribution in [0.2, 0.25) is 5.02 Å². The predicted octanol–water partition coefficient (Wildman–Crippen LogP) is 3.12. The number of aliphatic hydroxyl groups is 1.